The summed E-state index contributed by atoms with van der Waals surface area (Å²) in [4.78, 5) is 9.61. The minimum Gasteiger partial charge on any atom is -0.300 e. The number of thiazole rings is 1. The Morgan fingerprint density at radius 1 is 1.30 bits per heavy atom. The highest BCUT2D eigenvalue weighted by molar-refractivity contribution is 7.09. The number of aromatic nitrogens is 1. The summed E-state index contributed by atoms with van der Waals surface area (Å²) in [6.45, 7) is 8.27. The number of unbranched alkanes of at least 4 members (excludes halogenated alkanes) is 1. The molecule has 0 radical (unpaired) electrons. The maximum absolute atomic E-state index is 5.78. The molecule has 114 valence electrons. The third-order valence-corrected chi connectivity index (χ3v) is 5.52. The lowest BCUT2D eigenvalue weighted by Crippen LogP contribution is -2.54. The Kier molecular flexibility index (Phi) is 6.27. The van der Waals surface area contributed by atoms with Gasteiger partial charge in [0.1, 0.15) is 0 Å². The summed E-state index contributed by atoms with van der Waals surface area (Å²) in [5.74, 6) is 0.535. The molecule has 3 nitrogen and oxygen atoms in total. The van der Waals surface area contributed by atoms with E-state index in [1.54, 1.807) is 11.3 Å². The minimum atomic E-state index is 0.535. The monoisotopic (exact) mass is 315 g/mol. The van der Waals surface area contributed by atoms with Crippen LogP contribution < -0.4 is 0 Å². The number of hydrogen-bond donors (Lipinski definition) is 0. The Morgan fingerprint density at radius 2 is 2.00 bits per heavy atom. The highest BCUT2D eigenvalue weighted by Gasteiger charge is 2.25. The van der Waals surface area contributed by atoms with E-state index in [4.69, 9.17) is 11.6 Å². The molecular formula is C15H26ClN3S. The molecule has 2 atom stereocenters. The van der Waals surface area contributed by atoms with E-state index in [0.29, 0.717) is 18.0 Å². The van der Waals surface area contributed by atoms with Crippen molar-refractivity contribution in [3.05, 3.63) is 16.1 Å². The fraction of sp³-hybridized carbons (Fsp3) is 0.800. The van der Waals surface area contributed by atoms with Crippen LogP contribution in [0, 0.1) is 0 Å². The average Bonchev–Trinajstić information content (AvgIpc) is 2.89. The molecule has 1 saturated heterocycles. The van der Waals surface area contributed by atoms with E-state index in [2.05, 4.69) is 41.1 Å². The Labute approximate surface area is 131 Å². The van der Waals surface area contributed by atoms with Crippen molar-refractivity contribution in [1.29, 1.82) is 0 Å². The molecule has 0 aromatic carbocycles. The Hall–Kier alpha value is -0.160. The van der Waals surface area contributed by atoms with Crippen molar-refractivity contribution in [1.82, 2.24) is 14.8 Å². The van der Waals surface area contributed by atoms with E-state index in [1.165, 1.54) is 37.5 Å². The molecule has 0 spiro atoms. The molecule has 0 saturated carbocycles. The van der Waals surface area contributed by atoms with Crippen molar-refractivity contribution < 1.29 is 0 Å². The topological polar surface area (TPSA) is 19.4 Å². The van der Waals surface area contributed by atoms with Gasteiger partial charge in [0.25, 0.3) is 0 Å². The summed E-state index contributed by atoms with van der Waals surface area (Å²) in [5, 5.41) is 3.31. The van der Waals surface area contributed by atoms with Crippen molar-refractivity contribution in [2.24, 2.45) is 0 Å². The second kappa shape index (κ2) is 7.74. The number of nitrogens with zero attached hydrogens (tertiary/aromatic N) is 3. The first kappa shape index (κ1) is 16.2. The molecule has 1 aliphatic rings. The van der Waals surface area contributed by atoms with Crippen LogP contribution in [0.15, 0.2) is 5.38 Å². The normalized spacial score (nSPS) is 25.2. The number of aryl methyl sites for hydroxylation is 1. The first-order valence-corrected chi connectivity index (χ1v) is 8.95. The molecule has 0 aliphatic carbocycles. The van der Waals surface area contributed by atoms with Crippen LogP contribution in [0.5, 0.6) is 0 Å². The van der Waals surface area contributed by atoms with Gasteiger partial charge in [-0.15, -0.1) is 22.9 Å². The predicted molar refractivity (Wildman–Crippen MR) is 87.7 cm³/mol. The Balaban J connectivity index is 1.66. The van der Waals surface area contributed by atoms with Crippen molar-refractivity contribution in [2.45, 2.75) is 51.1 Å². The van der Waals surface area contributed by atoms with E-state index in [0.717, 1.165) is 12.1 Å². The maximum Gasteiger partial charge on any atom is 0.0928 e. The zero-order chi connectivity index (χ0) is 14.5. The lowest BCUT2D eigenvalue weighted by molar-refractivity contribution is 0.0592. The molecule has 2 unspecified atom stereocenters. The van der Waals surface area contributed by atoms with Crippen LogP contribution in [0.25, 0.3) is 0 Å². The van der Waals surface area contributed by atoms with Crippen LogP contribution >= 0.6 is 22.9 Å². The van der Waals surface area contributed by atoms with Gasteiger partial charge < -0.3 is 4.90 Å². The predicted octanol–water partition coefficient (Wildman–Crippen LogP) is 3.23. The zero-order valence-corrected chi connectivity index (χ0v) is 14.4. The van der Waals surface area contributed by atoms with Gasteiger partial charge >= 0.3 is 0 Å². The Morgan fingerprint density at radius 3 is 2.60 bits per heavy atom. The van der Waals surface area contributed by atoms with Crippen LogP contribution in [-0.2, 0) is 12.3 Å². The molecule has 0 amide bonds. The third-order valence-electron chi connectivity index (χ3n) is 4.29. The number of halogens is 1. The van der Waals surface area contributed by atoms with Crippen molar-refractivity contribution >= 4 is 22.9 Å². The van der Waals surface area contributed by atoms with E-state index >= 15 is 0 Å². The lowest BCUT2D eigenvalue weighted by Gasteiger charge is -2.42. The highest BCUT2D eigenvalue weighted by Crippen LogP contribution is 2.16. The van der Waals surface area contributed by atoms with Crippen LogP contribution in [0.2, 0.25) is 0 Å². The fourth-order valence-corrected chi connectivity index (χ4v) is 3.90. The number of hydrogen-bond acceptors (Lipinski definition) is 4. The quantitative estimate of drug-likeness (QED) is 0.593. The summed E-state index contributed by atoms with van der Waals surface area (Å²) in [5.41, 5.74) is 1.02. The maximum atomic E-state index is 5.78. The molecule has 2 rings (SSSR count). The minimum absolute atomic E-state index is 0.535. The van der Waals surface area contributed by atoms with Gasteiger partial charge in [0.15, 0.2) is 0 Å². The fourth-order valence-electron chi connectivity index (χ4n) is 2.83. The molecule has 0 N–H and O–H groups in total. The molecule has 0 bridgehead atoms. The van der Waals surface area contributed by atoms with Gasteiger partial charge in [0, 0.05) is 30.6 Å². The van der Waals surface area contributed by atoms with Gasteiger partial charge in [-0.1, -0.05) is 0 Å². The number of likely N-dealkylation sites (N-methyl/N-ethyl adjacent to an activating group) is 1. The lowest BCUT2D eigenvalue weighted by atomic mass is 10.1. The smallest absolute Gasteiger partial charge is 0.0928 e. The summed E-state index contributed by atoms with van der Waals surface area (Å²) >= 11 is 7.52. The van der Waals surface area contributed by atoms with E-state index in [9.17, 15) is 0 Å². The standard InChI is InChI=1S/C15H26ClN3S/c1-12-9-19(10-13(2)18(12)3)7-5-4-6-15-17-14(8-16)11-20-15/h11-13H,4-10H2,1-3H3. The molecule has 2 heterocycles. The largest absolute Gasteiger partial charge is 0.300 e. The van der Waals surface area contributed by atoms with Crippen LogP contribution in [-0.4, -0.2) is 53.5 Å². The molecule has 1 aromatic heterocycles. The van der Waals surface area contributed by atoms with Gasteiger partial charge in [0.05, 0.1) is 16.6 Å². The number of alkyl halides is 1. The SMILES string of the molecule is CC1CN(CCCCc2nc(CCl)cs2)CC(C)N1C. The van der Waals surface area contributed by atoms with Crippen molar-refractivity contribution in [3.63, 3.8) is 0 Å². The summed E-state index contributed by atoms with van der Waals surface area (Å²) in [6, 6.07) is 1.34. The van der Waals surface area contributed by atoms with Crippen molar-refractivity contribution in [3.8, 4) is 0 Å². The van der Waals surface area contributed by atoms with Crippen molar-refractivity contribution in [2.75, 3.05) is 26.7 Å². The summed E-state index contributed by atoms with van der Waals surface area (Å²) in [7, 11) is 2.24. The zero-order valence-electron chi connectivity index (χ0n) is 12.8. The van der Waals surface area contributed by atoms with Gasteiger partial charge in [-0.25, -0.2) is 4.98 Å². The van der Waals surface area contributed by atoms with Crippen LogP contribution in [0.3, 0.4) is 0 Å². The van der Waals surface area contributed by atoms with Gasteiger partial charge in [-0.2, -0.15) is 0 Å². The van der Waals surface area contributed by atoms with Gasteiger partial charge in [0.2, 0.25) is 0 Å². The molecule has 1 fully saturated rings. The van der Waals surface area contributed by atoms with E-state index < -0.39 is 0 Å². The molecule has 1 aromatic rings. The third kappa shape index (κ3) is 4.42. The number of rotatable bonds is 6. The second-order valence-corrected chi connectivity index (χ2v) is 7.16. The second-order valence-electron chi connectivity index (χ2n) is 5.95. The first-order chi connectivity index (χ1) is 9.60. The van der Waals surface area contributed by atoms with E-state index in [1.807, 2.05) is 0 Å². The van der Waals surface area contributed by atoms with Crippen LogP contribution in [0.4, 0.5) is 0 Å². The molecule has 1 aliphatic heterocycles. The average molecular weight is 316 g/mol. The van der Waals surface area contributed by atoms with Crippen LogP contribution in [0.1, 0.15) is 37.4 Å². The summed E-state index contributed by atoms with van der Waals surface area (Å²) < 4.78 is 0. The first-order valence-electron chi connectivity index (χ1n) is 7.53. The molecular weight excluding hydrogens is 290 g/mol. The molecule has 20 heavy (non-hydrogen) atoms. The highest BCUT2D eigenvalue weighted by atomic mass is 35.5. The van der Waals surface area contributed by atoms with E-state index in [-0.39, 0.29) is 0 Å². The molecule has 5 heteroatoms. The van der Waals surface area contributed by atoms with Gasteiger partial charge in [-0.3, -0.25) is 4.90 Å². The van der Waals surface area contributed by atoms with Gasteiger partial charge in [-0.05, 0) is 46.7 Å². The Bertz CT molecular complexity index is 398. The summed E-state index contributed by atoms with van der Waals surface area (Å²) in [6.07, 6.45) is 3.59. The number of piperazine rings is 1.